The van der Waals surface area contributed by atoms with E-state index in [-0.39, 0.29) is 17.7 Å². The third-order valence-corrected chi connectivity index (χ3v) is 4.23. The number of amidine groups is 1. The lowest BCUT2D eigenvalue weighted by Gasteiger charge is -2.14. The van der Waals surface area contributed by atoms with Gasteiger partial charge in [-0.05, 0) is 25.1 Å². The Bertz CT molecular complexity index is 628. The Kier molecular flexibility index (Phi) is 5.48. The van der Waals surface area contributed by atoms with E-state index >= 15 is 0 Å². The summed E-state index contributed by atoms with van der Waals surface area (Å²) in [6.45, 7) is 6.46. The molecule has 0 radical (unpaired) electrons. The molecule has 1 heterocycles. The van der Waals surface area contributed by atoms with E-state index in [0.29, 0.717) is 22.4 Å². The molecular formula is C16H19Cl2N3O. The van der Waals surface area contributed by atoms with Crippen LogP contribution in [0.2, 0.25) is 10.0 Å². The molecule has 1 aliphatic heterocycles. The number of hydrogen-bond donors (Lipinski definition) is 1. The quantitative estimate of drug-likeness (QED) is 0.843. The molecular weight excluding hydrogens is 321 g/mol. The number of hydrogen-bond acceptors (Lipinski definition) is 3. The number of rotatable bonds is 3. The SMILES string of the molecule is CC=CC(C)C(=O)NC1=NN(c2ccc(Cl)c(Cl)c2)C[C@@H]1C. The van der Waals surface area contributed by atoms with Crippen LogP contribution in [0.3, 0.4) is 0 Å². The van der Waals surface area contributed by atoms with Gasteiger partial charge in [0, 0.05) is 5.92 Å². The van der Waals surface area contributed by atoms with Crippen molar-refractivity contribution in [2.24, 2.45) is 16.9 Å². The molecule has 22 heavy (non-hydrogen) atoms. The van der Waals surface area contributed by atoms with Crippen molar-refractivity contribution in [2.75, 3.05) is 11.6 Å². The fraction of sp³-hybridized carbons (Fsp3) is 0.375. The summed E-state index contributed by atoms with van der Waals surface area (Å²) < 4.78 is 0. The maximum absolute atomic E-state index is 12.1. The number of carbonyl (C=O) groups excluding carboxylic acids is 1. The van der Waals surface area contributed by atoms with Gasteiger partial charge in [0.1, 0.15) is 5.84 Å². The number of halogens is 2. The van der Waals surface area contributed by atoms with Gasteiger partial charge < -0.3 is 5.32 Å². The molecule has 2 atom stereocenters. The Morgan fingerprint density at radius 1 is 1.45 bits per heavy atom. The molecule has 0 aromatic heterocycles. The van der Waals surface area contributed by atoms with Crippen LogP contribution in [0.15, 0.2) is 35.5 Å². The molecule has 1 amide bonds. The normalized spacial score (nSPS) is 19.4. The lowest BCUT2D eigenvalue weighted by Crippen LogP contribution is -2.36. The third kappa shape index (κ3) is 3.81. The fourth-order valence-electron chi connectivity index (χ4n) is 2.19. The monoisotopic (exact) mass is 339 g/mol. The highest BCUT2D eigenvalue weighted by molar-refractivity contribution is 6.42. The average Bonchev–Trinajstić information content (AvgIpc) is 2.83. The topological polar surface area (TPSA) is 44.7 Å². The lowest BCUT2D eigenvalue weighted by molar-refractivity contribution is -0.121. The molecule has 2 rings (SSSR count). The number of anilines is 1. The fourth-order valence-corrected chi connectivity index (χ4v) is 2.48. The lowest BCUT2D eigenvalue weighted by atomic mass is 10.1. The minimum Gasteiger partial charge on any atom is -0.312 e. The zero-order valence-electron chi connectivity index (χ0n) is 12.8. The Labute approximate surface area is 140 Å². The zero-order chi connectivity index (χ0) is 16.3. The van der Waals surface area contributed by atoms with E-state index in [2.05, 4.69) is 10.4 Å². The van der Waals surface area contributed by atoms with Gasteiger partial charge in [0.05, 0.1) is 28.2 Å². The molecule has 1 aromatic rings. The molecule has 0 spiro atoms. The molecule has 1 N–H and O–H groups in total. The second-order valence-corrected chi connectivity index (χ2v) is 6.18. The molecule has 0 saturated carbocycles. The average molecular weight is 340 g/mol. The Balaban J connectivity index is 2.13. The molecule has 1 unspecified atom stereocenters. The van der Waals surface area contributed by atoms with Crippen molar-refractivity contribution in [2.45, 2.75) is 20.8 Å². The minimum atomic E-state index is -0.182. The Hall–Kier alpha value is -1.52. The summed E-state index contributed by atoms with van der Waals surface area (Å²) in [5.41, 5.74) is 0.854. The van der Waals surface area contributed by atoms with Gasteiger partial charge in [-0.15, -0.1) is 0 Å². The van der Waals surface area contributed by atoms with Crippen molar-refractivity contribution in [3.8, 4) is 0 Å². The third-order valence-electron chi connectivity index (χ3n) is 3.49. The van der Waals surface area contributed by atoms with Gasteiger partial charge in [-0.2, -0.15) is 5.10 Å². The van der Waals surface area contributed by atoms with Crippen molar-refractivity contribution in [3.63, 3.8) is 0 Å². The van der Waals surface area contributed by atoms with Crippen LogP contribution in [0, 0.1) is 11.8 Å². The molecule has 1 aromatic carbocycles. The molecule has 6 heteroatoms. The van der Waals surface area contributed by atoms with E-state index in [0.717, 1.165) is 5.69 Å². The van der Waals surface area contributed by atoms with Crippen LogP contribution in [0.1, 0.15) is 20.8 Å². The number of amides is 1. The first kappa shape index (κ1) is 16.8. The van der Waals surface area contributed by atoms with Crippen molar-refractivity contribution in [1.82, 2.24) is 5.32 Å². The minimum absolute atomic E-state index is 0.0558. The van der Waals surface area contributed by atoms with Crippen molar-refractivity contribution >= 4 is 40.6 Å². The Morgan fingerprint density at radius 2 is 2.18 bits per heavy atom. The van der Waals surface area contributed by atoms with Crippen LogP contribution >= 0.6 is 23.2 Å². The van der Waals surface area contributed by atoms with E-state index in [9.17, 15) is 4.79 Å². The maximum atomic E-state index is 12.1. The van der Waals surface area contributed by atoms with Gasteiger partial charge >= 0.3 is 0 Å². The van der Waals surface area contributed by atoms with E-state index in [1.54, 1.807) is 12.1 Å². The van der Waals surface area contributed by atoms with Gasteiger partial charge in [0.25, 0.3) is 0 Å². The summed E-state index contributed by atoms with van der Waals surface area (Å²) in [4.78, 5) is 12.1. The van der Waals surface area contributed by atoms with Crippen LogP contribution in [-0.2, 0) is 4.79 Å². The number of allylic oxidation sites excluding steroid dienone is 1. The summed E-state index contributed by atoms with van der Waals surface area (Å²) in [7, 11) is 0. The van der Waals surface area contributed by atoms with E-state index in [1.165, 1.54) is 0 Å². The second kappa shape index (κ2) is 7.16. The number of nitrogens with one attached hydrogen (secondary N) is 1. The summed E-state index contributed by atoms with van der Waals surface area (Å²) in [5.74, 6) is 0.572. The van der Waals surface area contributed by atoms with Crippen LogP contribution in [0.25, 0.3) is 0 Å². The first-order valence-corrected chi connectivity index (χ1v) is 7.92. The van der Waals surface area contributed by atoms with Crippen LogP contribution in [0.5, 0.6) is 0 Å². The van der Waals surface area contributed by atoms with Gasteiger partial charge in [-0.25, -0.2) is 0 Å². The van der Waals surface area contributed by atoms with Crippen LogP contribution in [-0.4, -0.2) is 18.3 Å². The van der Waals surface area contributed by atoms with Crippen LogP contribution in [0.4, 0.5) is 5.69 Å². The van der Waals surface area contributed by atoms with Gasteiger partial charge in [0.2, 0.25) is 5.91 Å². The largest absolute Gasteiger partial charge is 0.312 e. The highest BCUT2D eigenvalue weighted by Gasteiger charge is 2.26. The van der Waals surface area contributed by atoms with Crippen molar-refractivity contribution < 1.29 is 4.79 Å². The molecule has 4 nitrogen and oxygen atoms in total. The first-order valence-electron chi connectivity index (χ1n) is 7.17. The van der Waals surface area contributed by atoms with Gasteiger partial charge in [-0.3, -0.25) is 9.80 Å². The van der Waals surface area contributed by atoms with Gasteiger partial charge in [0.15, 0.2) is 0 Å². The number of benzene rings is 1. The number of nitrogens with zero attached hydrogens (tertiary/aromatic N) is 2. The number of hydrazone groups is 1. The maximum Gasteiger partial charge on any atom is 0.231 e. The second-order valence-electron chi connectivity index (χ2n) is 5.37. The van der Waals surface area contributed by atoms with Crippen molar-refractivity contribution in [3.05, 3.63) is 40.4 Å². The molecule has 0 aliphatic carbocycles. The van der Waals surface area contributed by atoms with Gasteiger partial charge in [-0.1, -0.05) is 49.2 Å². The molecule has 0 bridgehead atoms. The molecule has 0 saturated heterocycles. The highest BCUT2D eigenvalue weighted by Crippen LogP contribution is 2.29. The summed E-state index contributed by atoms with van der Waals surface area (Å²) in [6.07, 6.45) is 3.72. The predicted octanol–water partition coefficient (Wildman–Crippen LogP) is 4.09. The molecule has 0 fully saturated rings. The molecule has 118 valence electrons. The summed E-state index contributed by atoms with van der Waals surface area (Å²) in [5, 5.41) is 10.2. The predicted molar refractivity (Wildman–Crippen MR) is 92.5 cm³/mol. The van der Waals surface area contributed by atoms with E-state index < -0.39 is 0 Å². The molecule has 1 aliphatic rings. The van der Waals surface area contributed by atoms with E-state index in [4.69, 9.17) is 23.2 Å². The smallest absolute Gasteiger partial charge is 0.231 e. The summed E-state index contributed by atoms with van der Waals surface area (Å²) >= 11 is 12.0. The zero-order valence-corrected chi connectivity index (χ0v) is 14.3. The van der Waals surface area contributed by atoms with Crippen molar-refractivity contribution in [1.29, 1.82) is 0 Å². The Morgan fingerprint density at radius 3 is 2.82 bits per heavy atom. The van der Waals surface area contributed by atoms with E-state index in [1.807, 2.05) is 44.0 Å². The number of carbonyl (C=O) groups is 1. The first-order chi connectivity index (χ1) is 10.4. The standard InChI is InChI=1S/C16H19Cl2N3O/c1-4-5-10(2)16(22)19-15-11(3)9-21(20-15)12-6-7-13(17)14(18)8-12/h4-8,10-11H,9H2,1-3H3,(H,19,20,22)/t10?,11-/m0/s1. The highest BCUT2D eigenvalue weighted by atomic mass is 35.5. The summed E-state index contributed by atoms with van der Waals surface area (Å²) in [6, 6.07) is 5.37. The van der Waals surface area contributed by atoms with Crippen LogP contribution < -0.4 is 10.3 Å².